The first-order chi connectivity index (χ1) is 11.7. The Balaban J connectivity index is 1.59. The van der Waals surface area contributed by atoms with Crippen molar-refractivity contribution in [3.05, 3.63) is 29.3 Å². The Morgan fingerprint density at radius 3 is 3.00 bits per heavy atom. The first kappa shape index (κ1) is 15.5. The molecular formula is C17H24N6O. The summed E-state index contributed by atoms with van der Waals surface area (Å²) in [6.07, 6.45) is 4.93. The van der Waals surface area contributed by atoms with Gasteiger partial charge >= 0.3 is 0 Å². The van der Waals surface area contributed by atoms with E-state index in [0.717, 1.165) is 63.7 Å². The molecule has 1 fully saturated rings. The van der Waals surface area contributed by atoms with Gasteiger partial charge in [0.25, 0.3) is 0 Å². The van der Waals surface area contributed by atoms with Gasteiger partial charge in [0.2, 0.25) is 5.89 Å². The summed E-state index contributed by atoms with van der Waals surface area (Å²) in [5.41, 5.74) is 2.51. The van der Waals surface area contributed by atoms with Crippen molar-refractivity contribution in [2.45, 2.75) is 45.6 Å². The number of piperidine rings is 1. The molecule has 0 N–H and O–H groups in total. The smallest absolute Gasteiger partial charge is 0.231 e. The summed E-state index contributed by atoms with van der Waals surface area (Å²) in [4.78, 5) is 18.4. The van der Waals surface area contributed by atoms with Crippen molar-refractivity contribution >= 4 is 5.82 Å². The second-order valence-electron chi connectivity index (χ2n) is 6.71. The normalized spacial score (nSPS) is 21.8. The van der Waals surface area contributed by atoms with Crippen LogP contribution in [-0.4, -0.2) is 51.2 Å². The number of aromatic nitrogens is 4. The lowest BCUT2D eigenvalue weighted by molar-refractivity contribution is 0.265. The van der Waals surface area contributed by atoms with Crippen molar-refractivity contribution in [2.75, 3.05) is 31.1 Å². The van der Waals surface area contributed by atoms with E-state index < -0.39 is 0 Å². The lowest BCUT2D eigenvalue weighted by atomic mass is 9.97. The summed E-state index contributed by atoms with van der Waals surface area (Å²) in [6.45, 7) is 9.10. The van der Waals surface area contributed by atoms with Gasteiger partial charge in [0.1, 0.15) is 12.1 Å². The Hall–Kier alpha value is -2.02. The van der Waals surface area contributed by atoms with E-state index in [0.29, 0.717) is 5.82 Å². The summed E-state index contributed by atoms with van der Waals surface area (Å²) in [5.74, 6) is 2.85. The number of hydrogen-bond donors (Lipinski definition) is 0. The van der Waals surface area contributed by atoms with Crippen LogP contribution in [-0.2, 0) is 13.0 Å². The zero-order chi connectivity index (χ0) is 16.5. The summed E-state index contributed by atoms with van der Waals surface area (Å²) in [7, 11) is 0. The molecule has 0 radical (unpaired) electrons. The van der Waals surface area contributed by atoms with Crippen LogP contribution in [0.4, 0.5) is 5.82 Å². The first-order valence-corrected chi connectivity index (χ1v) is 8.85. The maximum atomic E-state index is 5.41. The highest BCUT2D eigenvalue weighted by Gasteiger charge is 2.29. The topological polar surface area (TPSA) is 71.2 Å². The van der Waals surface area contributed by atoms with E-state index >= 15 is 0 Å². The second-order valence-corrected chi connectivity index (χ2v) is 6.71. The van der Waals surface area contributed by atoms with Crippen LogP contribution < -0.4 is 4.90 Å². The molecule has 128 valence electrons. The molecule has 0 amide bonds. The Morgan fingerprint density at radius 2 is 2.21 bits per heavy atom. The molecule has 0 saturated carbocycles. The molecule has 2 aliphatic rings. The Kier molecular flexibility index (Phi) is 4.18. The van der Waals surface area contributed by atoms with Crippen LogP contribution in [0.25, 0.3) is 0 Å². The molecule has 4 heterocycles. The summed E-state index contributed by atoms with van der Waals surface area (Å²) < 4.78 is 5.41. The number of hydrogen-bond acceptors (Lipinski definition) is 7. The molecule has 0 aliphatic carbocycles. The van der Waals surface area contributed by atoms with E-state index in [9.17, 15) is 0 Å². The fourth-order valence-electron chi connectivity index (χ4n) is 3.77. The third-order valence-electron chi connectivity index (χ3n) is 5.12. The second kappa shape index (κ2) is 6.47. The van der Waals surface area contributed by atoms with E-state index in [1.807, 2.05) is 6.92 Å². The van der Waals surface area contributed by atoms with Gasteiger partial charge in [-0.25, -0.2) is 9.97 Å². The molecule has 7 nitrogen and oxygen atoms in total. The molecule has 2 aromatic heterocycles. The quantitative estimate of drug-likeness (QED) is 0.852. The lowest BCUT2D eigenvalue weighted by Crippen LogP contribution is -2.38. The van der Waals surface area contributed by atoms with E-state index in [1.54, 1.807) is 6.33 Å². The highest BCUT2D eigenvalue weighted by molar-refractivity contribution is 5.50. The number of anilines is 1. The molecule has 2 aromatic rings. The third kappa shape index (κ3) is 2.88. The van der Waals surface area contributed by atoms with Crippen molar-refractivity contribution < 1.29 is 4.52 Å². The molecule has 0 spiro atoms. The van der Waals surface area contributed by atoms with Crippen LogP contribution in [0.5, 0.6) is 0 Å². The SMILES string of the molecule is CCN1CCc2ncnc(N3CCC[C@@H](c4nc(C)no4)C3)c2C1. The van der Waals surface area contributed by atoms with Crippen LogP contribution in [0.3, 0.4) is 0 Å². The molecule has 1 atom stereocenters. The Morgan fingerprint density at radius 1 is 1.29 bits per heavy atom. The van der Waals surface area contributed by atoms with Crippen LogP contribution in [0.15, 0.2) is 10.9 Å². The monoisotopic (exact) mass is 328 g/mol. The van der Waals surface area contributed by atoms with E-state index in [1.165, 1.54) is 11.3 Å². The van der Waals surface area contributed by atoms with Gasteiger partial charge in [0, 0.05) is 38.2 Å². The molecule has 2 aliphatic heterocycles. The van der Waals surface area contributed by atoms with Gasteiger partial charge < -0.3 is 9.42 Å². The van der Waals surface area contributed by atoms with Gasteiger partial charge in [0.05, 0.1) is 11.6 Å². The van der Waals surface area contributed by atoms with Crippen molar-refractivity contribution in [3.8, 4) is 0 Å². The molecule has 4 rings (SSSR count). The molecule has 0 aromatic carbocycles. The first-order valence-electron chi connectivity index (χ1n) is 8.85. The summed E-state index contributed by atoms with van der Waals surface area (Å²) in [5, 5.41) is 3.94. The van der Waals surface area contributed by atoms with Crippen LogP contribution in [0, 0.1) is 6.92 Å². The average molecular weight is 328 g/mol. The van der Waals surface area contributed by atoms with Crippen molar-refractivity contribution in [2.24, 2.45) is 0 Å². The predicted molar refractivity (Wildman–Crippen MR) is 89.9 cm³/mol. The minimum Gasteiger partial charge on any atom is -0.355 e. The molecule has 0 bridgehead atoms. The van der Waals surface area contributed by atoms with E-state index in [2.05, 4.69) is 36.8 Å². The maximum absolute atomic E-state index is 5.41. The minimum atomic E-state index is 0.288. The van der Waals surface area contributed by atoms with Crippen molar-refractivity contribution in [1.29, 1.82) is 0 Å². The average Bonchev–Trinajstić information content (AvgIpc) is 3.07. The van der Waals surface area contributed by atoms with Gasteiger partial charge in [-0.15, -0.1) is 0 Å². The number of aryl methyl sites for hydroxylation is 1. The summed E-state index contributed by atoms with van der Waals surface area (Å²) in [6, 6.07) is 0. The van der Waals surface area contributed by atoms with Gasteiger partial charge in [-0.05, 0) is 26.3 Å². The summed E-state index contributed by atoms with van der Waals surface area (Å²) >= 11 is 0. The number of likely N-dealkylation sites (N-methyl/N-ethyl adjacent to an activating group) is 1. The fourth-order valence-corrected chi connectivity index (χ4v) is 3.77. The maximum Gasteiger partial charge on any atom is 0.231 e. The minimum absolute atomic E-state index is 0.288. The molecule has 1 saturated heterocycles. The molecule has 7 heteroatoms. The fraction of sp³-hybridized carbons (Fsp3) is 0.647. The highest BCUT2D eigenvalue weighted by Crippen LogP contribution is 2.32. The number of fused-ring (bicyclic) bond motifs is 1. The number of rotatable bonds is 3. The predicted octanol–water partition coefficient (Wildman–Crippen LogP) is 1.93. The lowest BCUT2D eigenvalue weighted by Gasteiger charge is -2.35. The zero-order valence-corrected chi connectivity index (χ0v) is 14.4. The Bertz CT molecular complexity index is 715. The van der Waals surface area contributed by atoms with E-state index in [-0.39, 0.29) is 5.92 Å². The Labute approximate surface area is 142 Å². The van der Waals surface area contributed by atoms with Crippen LogP contribution >= 0.6 is 0 Å². The van der Waals surface area contributed by atoms with Gasteiger partial charge in [-0.1, -0.05) is 12.1 Å². The van der Waals surface area contributed by atoms with Gasteiger partial charge in [0.15, 0.2) is 5.82 Å². The standard InChI is InChI=1S/C17H24N6O/c1-3-22-8-6-15-14(10-22)16(19-11-18-15)23-7-4-5-13(9-23)17-20-12(2)21-24-17/h11,13H,3-10H2,1-2H3/t13-/m1/s1. The van der Waals surface area contributed by atoms with Crippen molar-refractivity contribution in [3.63, 3.8) is 0 Å². The largest absolute Gasteiger partial charge is 0.355 e. The van der Waals surface area contributed by atoms with Crippen LogP contribution in [0.2, 0.25) is 0 Å². The highest BCUT2D eigenvalue weighted by atomic mass is 16.5. The van der Waals surface area contributed by atoms with Gasteiger partial charge in [-0.3, -0.25) is 4.90 Å². The third-order valence-corrected chi connectivity index (χ3v) is 5.12. The van der Waals surface area contributed by atoms with Crippen LogP contribution in [0.1, 0.15) is 48.7 Å². The van der Waals surface area contributed by atoms with E-state index in [4.69, 9.17) is 4.52 Å². The zero-order valence-electron chi connectivity index (χ0n) is 14.4. The molecule has 0 unspecified atom stereocenters. The molecular weight excluding hydrogens is 304 g/mol. The van der Waals surface area contributed by atoms with Gasteiger partial charge in [-0.2, -0.15) is 4.98 Å². The number of nitrogens with zero attached hydrogens (tertiary/aromatic N) is 6. The molecule has 24 heavy (non-hydrogen) atoms. The van der Waals surface area contributed by atoms with Crippen molar-refractivity contribution in [1.82, 2.24) is 25.0 Å².